The van der Waals surface area contributed by atoms with Crippen molar-refractivity contribution in [1.29, 1.82) is 0 Å². The summed E-state index contributed by atoms with van der Waals surface area (Å²) in [7, 11) is 0. The highest BCUT2D eigenvalue weighted by atomic mass is 79.9. The van der Waals surface area contributed by atoms with Gasteiger partial charge in [0.25, 0.3) is 5.91 Å². The molecule has 4 nitrogen and oxygen atoms in total. The number of aromatic nitrogens is 1. The molecular formula is C12H9BrClN3O. The molecule has 92 valence electrons. The molecule has 0 aliphatic rings. The highest BCUT2D eigenvalue weighted by Gasteiger charge is 2.07. The smallest absolute Gasteiger partial charge is 0.256 e. The molecule has 0 saturated heterocycles. The maximum Gasteiger partial charge on any atom is 0.256 e. The standard InChI is InChI=1S/C12H9BrClN3O/c13-9-5-6-10(16-11(9)15)17-12(18)7-1-3-8(14)4-2-7/h1-6H,(H3,15,16,17,18). The van der Waals surface area contributed by atoms with Crippen molar-refractivity contribution in [3.63, 3.8) is 0 Å². The van der Waals surface area contributed by atoms with Crippen LogP contribution in [0.15, 0.2) is 40.9 Å². The number of benzene rings is 1. The molecule has 0 bridgehead atoms. The Hall–Kier alpha value is -1.59. The number of pyridine rings is 1. The van der Waals surface area contributed by atoms with Gasteiger partial charge in [0, 0.05) is 10.6 Å². The molecular weight excluding hydrogens is 318 g/mol. The maximum atomic E-state index is 11.9. The summed E-state index contributed by atoms with van der Waals surface area (Å²) in [5.41, 5.74) is 6.13. The van der Waals surface area contributed by atoms with Crippen LogP contribution in [0.5, 0.6) is 0 Å². The molecule has 2 aromatic rings. The molecule has 1 amide bonds. The normalized spacial score (nSPS) is 10.1. The van der Waals surface area contributed by atoms with E-state index in [1.54, 1.807) is 36.4 Å². The average molecular weight is 327 g/mol. The van der Waals surface area contributed by atoms with Crippen LogP contribution in [0.1, 0.15) is 10.4 Å². The van der Waals surface area contributed by atoms with E-state index < -0.39 is 0 Å². The molecule has 1 aromatic carbocycles. The Bertz CT molecular complexity index is 586. The van der Waals surface area contributed by atoms with Gasteiger partial charge in [-0.05, 0) is 52.3 Å². The van der Waals surface area contributed by atoms with Crippen LogP contribution in [0.2, 0.25) is 5.02 Å². The summed E-state index contributed by atoms with van der Waals surface area (Å²) in [6.45, 7) is 0. The van der Waals surface area contributed by atoms with Crippen molar-refractivity contribution in [3.8, 4) is 0 Å². The van der Waals surface area contributed by atoms with E-state index in [1.165, 1.54) is 0 Å². The number of hydrogen-bond donors (Lipinski definition) is 2. The highest BCUT2D eigenvalue weighted by molar-refractivity contribution is 9.10. The minimum absolute atomic E-state index is 0.263. The fraction of sp³-hybridized carbons (Fsp3) is 0. The fourth-order valence-electron chi connectivity index (χ4n) is 1.32. The van der Waals surface area contributed by atoms with Crippen LogP contribution in [0.3, 0.4) is 0 Å². The van der Waals surface area contributed by atoms with E-state index in [9.17, 15) is 4.79 Å². The number of amides is 1. The zero-order valence-corrected chi connectivity index (χ0v) is 11.5. The molecule has 0 aliphatic carbocycles. The summed E-state index contributed by atoms with van der Waals surface area (Å²) in [5.74, 6) is 0.459. The molecule has 2 rings (SSSR count). The predicted molar refractivity (Wildman–Crippen MR) is 75.8 cm³/mol. The van der Waals surface area contributed by atoms with Crippen molar-refractivity contribution in [1.82, 2.24) is 4.98 Å². The second-order valence-corrected chi connectivity index (χ2v) is 4.82. The predicted octanol–water partition coefficient (Wildman–Crippen LogP) is 3.33. The lowest BCUT2D eigenvalue weighted by atomic mass is 10.2. The van der Waals surface area contributed by atoms with Gasteiger partial charge in [0.1, 0.15) is 11.6 Å². The summed E-state index contributed by atoms with van der Waals surface area (Å²) in [6, 6.07) is 9.97. The number of halogens is 2. The third-order valence-corrected chi connectivity index (χ3v) is 3.14. The van der Waals surface area contributed by atoms with Gasteiger partial charge in [0.2, 0.25) is 0 Å². The summed E-state index contributed by atoms with van der Waals surface area (Å²) in [5, 5.41) is 3.23. The lowest BCUT2D eigenvalue weighted by molar-refractivity contribution is 0.102. The third kappa shape index (κ3) is 3.00. The van der Waals surface area contributed by atoms with Crippen molar-refractivity contribution in [2.24, 2.45) is 0 Å². The Labute approximate surface area is 117 Å². The van der Waals surface area contributed by atoms with Crippen LogP contribution in [0.4, 0.5) is 11.6 Å². The summed E-state index contributed by atoms with van der Waals surface area (Å²) < 4.78 is 0.687. The van der Waals surface area contributed by atoms with E-state index in [-0.39, 0.29) is 5.91 Å². The lowest BCUT2D eigenvalue weighted by Gasteiger charge is -2.06. The molecule has 0 saturated carbocycles. The molecule has 0 fully saturated rings. The third-order valence-electron chi connectivity index (χ3n) is 2.22. The lowest BCUT2D eigenvalue weighted by Crippen LogP contribution is -2.13. The molecule has 3 N–H and O–H groups in total. The number of carbonyl (C=O) groups excluding carboxylic acids is 1. The molecule has 18 heavy (non-hydrogen) atoms. The van der Waals surface area contributed by atoms with E-state index in [1.807, 2.05) is 0 Å². The van der Waals surface area contributed by atoms with Gasteiger partial charge >= 0.3 is 0 Å². The molecule has 0 aliphatic heterocycles. The van der Waals surface area contributed by atoms with Crippen LogP contribution >= 0.6 is 27.5 Å². The number of nitrogens with one attached hydrogen (secondary N) is 1. The van der Waals surface area contributed by atoms with Gasteiger partial charge in [0.15, 0.2) is 0 Å². The van der Waals surface area contributed by atoms with E-state index in [0.29, 0.717) is 26.7 Å². The molecule has 0 radical (unpaired) electrons. The Morgan fingerprint density at radius 3 is 2.50 bits per heavy atom. The molecule has 1 aromatic heterocycles. The van der Waals surface area contributed by atoms with Gasteiger partial charge in [-0.3, -0.25) is 4.79 Å². The molecule has 6 heteroatoms. The van der Waals surface area contributed by atoms with Crippen molar-refractivity contribution in [3.05, 3.63) is 51.5 Å². The second kappa shape index (κ2) is 5.37. The summed E-state index contributed by atoms with van der Waals surface area (Å²) in [6.07, 6.45) is 0. The van der Waals surface area contributed by atoms with Gasteiger partial charge in [-0.25, -0.2) is 4.98 Å². The Morgan fingerprint density at radius 2 is 1.89 bits per heavy atom. The Balaban J connectivity index is 2.16. The first-order valence-corrected chi connectivity index (χ1v) is 6.22. The molecule has 1 heterocycles. The largest absolute Gasteiger partial charge is 0.383 e. The van der Waals surface area contributed by atoms with Crippen molar-refractivity contribution < 1.29 is 4.79 Å². The van der Waals surface area contributed by atoms with Crippen LogP contribution < -0.4 is 11.1 Å². The van der Waals surface area contributed by atoms with Crippen LogP contribution in [0, 0.1) is 0 Å². The number of rotatable bonds is 2. The average Bonchev–Trinajstić information content (AvgIpc) is 2.34. The minimum atomic E-state index is -0.263. The first-order valence-electron chi connectivity index (χ1n) is 5.05. The number of nitrogens with zero attached hydrogens (tertiary/aromatic N) is 1. The van der Waals surface area contributed by atoms with E-state index in [2.05, 4.69) is 26.2 Å². The number of nitrogens with two attached hydrogens (primary N) is 1. The Kier molecular flexibility index (Phi) is 3.84. The number of anilines is 2. The van der Waals surface area contributed by atoms with E-state index in [4.69, 9.17) is 17.3 Å². The fourth-order valence-corrected chi connectivity index (χ4v) is 1.66. The molecule has 0 unspecified atom stereocenters. The van der Waals surface area contributed by atoms with Crippen molar-refractivity contribution in [2.45, 2.75) is 0 Å². The monoisotopic (exact) mass is 325 g/mol. The number of hydrogen-bond acceptors (Lipinski definition) is 3. The number of nitrogen functional groups attached to an aromatic ring is 1. The van der Waals surface area contributed by atoms with Crippen molar-refractivity contribution in [2.75, 3.05) is 11.1 Å². The van der Waals surface area contributed by atoms with Gasteiger partial charge in [-0.15, -0.1) is 0 Å². The van der Waals surface area contributed by atoms with Crippen LogP contribution in [-0.2, 0) is 0 Å². The van der Waals surface area contributed by atoms with Gasteiger partial charge < -0.3 is 11.1 Å². The van der Waals surface area contributed by atoms with Gasteiger partial charge in [-0.1, -0.05) is 11.6 Å². The van der Waals surface area contributed by atoms with E-state index >= 15 is 0 Å². The second-order valence-electron chi connectivity index (χ2n) is 3.52. The number of carbonyl (C=O) groups is 1. The van der Waals surface area contributed by atoms with Gasteiger partial charge in [0.05, 0.1) is 4.47 Å². The molecule has 0 atom stereocenters. The minimum Gasteiger partial charge on any atom is -0.383 e. The quantitative estimate of drug-likeness (QED) is 0.889. The summed E-state index contributed by atoms with van der Waals surface area (Å²) in [4.78, 5) is 15.9. The highest BCUT2D eigenvalue weighted by Crippen LogP contribution is 2.19. The zero-order valence-electron chi connectivity index (χ0n) is 9.15. The first kappa shape index (κ1) is 12.9. The van der Waals surface area contributed by atoms with Crippen molar-refractivity contribution >= 4 is 45.1 Å². The molecule has 0 spiro atoms. The van der Waals surface area contributed by atoms with E-state index in [0.717, 1.165) is 0 Å². The summed E-state index contributed by atoms with van der Waals surface area (Å²) >= 11 is 8.98. The first-order chi connectivity index (χ1) is 8.56. The van der Waals surface area contributed by atoms with Crippen LogP contribution in [0.25, 0.3) is 0 Å². The maximum absolute atomic E-state index is 11.9. The van der Waals surface area contributed by atoms with Crippen LogP contribution in [-0.4, -0.2) is 10.9 Å². The van der Waals surface area contributed by atoms with Gasteiger partial charge in [-0.2, -0.15) is 0 Å². The zero-order chi connectivity index (χ0) is 13.1. The SMILES string of the molecule is Nc1nc(NC(=O)c2ccc(Cl)cc2)ccc1Br. The Morgan fingerprint density at radius 1 is 1.22 bits per heavy atom. The topological polar surface area (TPSA) is 68.0 Å².